The third-order valence-electron chi connectivity index (χ3n) is 3.72. The number of nitrogens with zero attached hydrogens (tertiary/aromatic N) is 2. The van der Waals surface area contributed by atoms with Crippen molar-refractivity contribution in [2.45, 2.75) is 19.4 Å². The van der Waals surface area contributed by atoms with Gasteiger partial charge in [0.05, 0.1) is 12.6 Å². The summed E-state index contributed by atoms with van der Waals surface area (Å²) < 4.78 is 0. The first-order valence-electron chi connectivity index (χ1n) is 6.90. The second kappa shape index (κ2) is 7.03. The molecule has 1 saturated heterocycles. The normalized spacial score (nSPS) is 18.8. The van der Waals surface area contributed by atoms with Crippen molar-refractivity contribution in [2.24, 2.45) is 0 Å². The topological polar surface area (TPSA) is 35.6 Å². The highest BCUT2D eigenvalue weighted by Crippen LogP contribution is 2.23. The Bertz CT molecular complexity index is 385. The van der Waals surface area contributed by atoms with Crippen LogP contribution in [0.25, 0.3) is 0 Å². The minimum absolute atomic E-state index is 0.164. The van der Waals surface area contributed by atoms with E-state index in [1.165, 1.54) is 4.88 Å². The molecule has 1 aliphatic rings. The van der Waals surface area contributed by atoms with E-state index >= 15 is 0 Å². The fourth-order valence-corrected chi connectivity index (χ4v) is 3.12. The van der Waals surface area contributed by atoms with Crippen LogP contribution in [0.3, 0.4) is 0 Å². The van der Waals surface area contributed by atoms with Gasteiger partial charge in [-0.1, -0.05) is 6.07 Å². The molecule has 1 aromatic rings. The van der Waals surface area contributed by atoms with Crippen LogP contribution in [0.5, 0.6) is 0 Å². The highest BCUT2D eigenvalue weighted by Gasteiger charge is 2.20. The summed E-state index contributed by atoms with van der Waals surface area (Å²) in [5.41, 5.74) is 0. The smallest absolute Gasteiger partial charge is 0.237 e. The van der Waals surface area contributed by atoms with Crippen LogP contribution in [0.1, 0.15) is 24.3 Å². The van der Waals surface area contributed by atoms with Gasteiger partial charge in [0.2, 0.25) is 5.91 Å². The molecule has 1 fully saturated rings. The molecular weight excluding hydrogens is 258 g/mol. The maximum atomic E-state index is 12.3. The van der Waals surface area contributed by atoms with Crippen LogP contribution < -0.4 is 5.32 Å². The number of hydrogen-bond donors (Lipinski definition) is 1. The molecule has 0 bridgehead atoms. The Morgan fingerprint density at radius 3 is 3.11 bits per heavy atom. The molecule has 0 saturated carbocycles. The zero-order valence-corrected chi connectivity index (χ0v) is 12.6. The Morgan fingerprint density at radius 1 is 1.53 bits per heavy atom. The average Bonchev–Trinajstić information content (AvgIpc) is 2.83. The second-order valence-electron chi connectivity index (χ2n) is 5.08. The van der Waals surface area contributed by atoms with Gasteiger partial charge in [0.1, 0.15) is 0 Å². The van der Waals surface area contributed by atoms with Crippen molar-refractivity contribution in [1.82, 2.24) is 15.1 Å². The molecule has 4 nitrogen and oxygen atoms in total. The lowest BCUT2D eigenvalue weighted by Crippen LogP contribution is -2.40. The number of hydrogen-bond acceptors (Lipinski definition) is 4. The van der Waals surface area contributed by atoms with E-state index in [0.29, 0.717) is 6.54 Å². The number of amides is 1. The predicted molar refractivity (Wildman–Crippen MR) is 79.4 cm³/mol. The van der Waals surface area contributed by atoms with Gasteiger partial charge < -0.3 is 10.2 Å². The molecule has 19 heavy (non-hydrogen) atoms. The number of likely N-dealkylation sites (N-methyl/N-ethyl adjacent to an activating group) is 1. The highest BCUT2D eigenvalue weighted by molar-refractivity contribution is 7.10. The van der Waals surface area contributed by atoms with E-state index < -0.39 is 0 Å². The molecule has 1 aromatic heterocycles. The minimum Gasteiger partial charge on any atom is -0.337 e. The summed E-state index contributed by atoms with van der Waals surface area (Å²) in [6, 6.07) is 4.29. The van der Waals surface area contributed by atoms with Crippen molar-refractivity contribution in [1.29, 1.82) is 0 Å². The number of carbonyl (C=O) groups is 1. The van der Waals surface area contributed by atoms with Crippen LogP contribution in [-0.4, -0.2) is 55.5 Å². The molecule has 1 N–H and O–H groups in total. The van der Waals surface area contributed by atoms with Gasteiger partial charge in [0.25, 0.3) is 0 Å². The first-order chi connectivity index (χ1) is 9.18. The van der Waals surface area contributed by atoms with Gasteiger partial charge in [0.15, 0.2) is 0 Å². The average molecular weight is 281 g/mol. The van der Waals surface area contributed by atoms with Crippen molar-refractivity contribution in [3.63, 3.8) is 0 Å². The zero-order valence-electron chi connectivity index (χ0n) is 11.8. The van der Waals surface area contributed by atoms with E-state index in [1.807, 2.05) is 18.0 Å². The van der Waals surface area contributed by atoms with Gasteiger partial charge in [-0.05, 0) is 37.9 Å². The zero-order chi connectivity index (χ0) is 13.7. The van der Waals surface area contributed by atoms with Gasteiger partial charge in [-0.3, -0.25) is 9.69 Å². The van der Waals surface area contributed by atoms with Gasteiger partial charge in [-0.2, -0.15) is 0 Å². The largest absolute Gasteiger partial charge is 0.337 e. The lowest BCUT2D eigenvalue weighted by molar-refractivity contribution is -0.132. The van der Waals surface area contributed by atoms with Crippen LogP contribution in [0, 0.1) is 0 Å². The molecule has 1 unspecified atom stereocenters. The molecule has 0 spiro atoms. The Hall–Kier alpha value is -0.910. The van der Waals surface area contributed by atoms with Gasteiger partial charge in [-0.15, -0.1) is 11.3 Å². The van der Waals surface area contributed by atoms with Crippen LogP contribution in [0.15, 0.2) is 17.5 Å². The van der Waals surface area contributed by atoms with Crippen molar-refractivity contribution in [3.05, 3.63) is 22.4 Å². The van der Waals surface area contributed by atoms with E-state index in [2.05, 4.69) is 28.6 Å². The predicted octanol–water partition coefficient (Wildman–Crippen LogP) is 1.56. The first-order valence-corrected chi connectivity index (χ1v) is 7.78. The minimum atomic E-state index is 0.164. The third-order valence-corrected chi connectivity index (χ3v) is 4.76. The second-order valence-corrected chi connectivity index (χ2v) is 6.06. The van der Waals surface area contributed by atoms with Gasteiger partial charge in [-0.25, -0.2) is 0 Å². The van der Waals surface area contributed by atoms with Crippen molar-refractivity contribution in [2.75, 3.05) is 39.8 Å². The molecule has 1 aliphatic heterocycles. The summed E-state index contributed by atoms with van der Waals surface area (Å²) in [6.45, 7) is 6.65. The first kappa shape index (κ1) is 14.5. The molecule has 2 rings (SSSR count). The molecular formula is C14H23N3OS. The van der Waals surface area contributed by atoms with E-state index in [1.54, 1.807) is 11.3 Å². The molecule has 0 radical (unpaired) electrons. The van der Waals surface area contributed by atoms with Gasteiger partial charge >= 0.3 is 0 Å². The summed E-state index contributed by atoms with van der Waals surface area (Å²) in [6.07, 6.45) is 1.12. The Labute approximate surface area is 119 Å². The summed E-state index contributed by atoms with van der Waals surface area (Å²) in [7, 11) is 1.91. The molecule has 2 heterocycles. The van der Waals surface area contributed by atoms with E-state index in [4.69, 9.17) is 0 Å². The molecule has 0 aromatic carbocycles. The van der Waals surface area contributed by atoms with E-state index in [9.17, 15) is 4.79 Å². The standard InChI is InChI=1S/C14H23N3OS/c1-12(13-5-3-10-19-13)16(2)14(18)11-17-8-4-6-15-7-9-17/h3,5,10,12,15H,4,6-9,11H2,1-2H3. The summed E-state index contributed by atoms with van der Waals surface area (Å²) in [5.74, 6) is 0.211. The Morgan fingerprint density at radius 2 is 2.37 bits per heavy atom. The number of rotatable bonds is 4. The third kappa shape index (κ3) is 4.03. The Kier molecular flexibility index (Phi) is 5.36. The van der Waals surface area contributed by atoms with E-state index in [-0.39, 0.29) is 11.9 Å². The van der Waals surface area contributed by atoms with Crippen LogP contribution in [0.2, 0.25) is 0 Å². The molecule has 106 valence electrons. The number of carbonyl (C=O) groups excluding carboxylic acids is 1. The number of thiophene rings is 1. The Balaban J connectivity index is 1.87. The quantitative estimate of drug-likeness (QED) is 0.910. The molecule has 1 atom stereocenters. The summed E-state index contributed by atoms with van der Waals surface area (Å²) in [5, 5.41) is 5.42. The van der Waals surface area contributed by atoms with Crippen molar-refractivity contribution < 1.29 is 4.79 Å². The van der Waals surface area contributed by atoms with Crippen molar-refractivity contribution >= 4 is 17.2 Å². The maximum absolute atomic E-state index is 12.3. The van der Waals surface area contributed by atoms with Crippen LogP contribution >= 0.6 is 11.3 Å². The SMILES string of the molecule is CC(c1cccs1)N(C)C(=O)CN1CCCNCC1. The molecule has 1 amide bonds. The lowest BCUT2D eigenvalue weighted by Gasteiger charge is -2.27. The molecule has 5 heteroatoms. The highest BCUT2D eigenvalue weighted by atomic mass is 32.1. The maximum Gasteiger partial charge on any atom is 0.237 e. The lowest BCUT2D eigenvalue weighted by atomic mass is 10.2. The van der Waals surface area contributed by atoms with Crippen LogP contribution in [0.4, 0.5) is 0 Å². The van der Waals surface area contributed by atoms with E-state index in [0.717, 1.165) is 32.6 Å². The molecule has 0 aliphatic carbocycles. The monoisotopic (exact) mass is 281 g/mol. The van der Waals surface area contributed by atoms with Crippen molar-refractivity contribution in [3.8, 4) is 0 Å². The summed E-state index contributed by atoms with van der Waals surface area (Å²) in [4.78, 5) is 17.7. The summed E-state index contributed by atoms with van der Waals surface area (Å²) >= 11 is 1.71. The van der Waals surface area contributed by atoms with Gasteiger partial charge in [0, 0.05) is 25.0 Å². The fraction of sp³-hybridized carbons (Fsp3) is 0.643. The fourth-order valence-electron chi connectivity index (χ4n) is 2.30. The number of nitrogens with one attached hydrogen (secondary N) is 1. The van der Waals surface area contributed by atoms with Crippen LogP contribution in [-0.2, 0) is 4.79 Å².